The van der Waals surface area contributed by atoms with Crippen LogP contribution >= 0.6 is 0 Å². The monoisotopic (exact) mass is 375 g/mol. The van der Waals surface area contributed by atoms with Crippen LogP contribution in [-0.2, 0) is 0 Å². The lowest BCUT2D eigenvalue weighted by Crippen LogP contribution is -2.12. The summed E-state index contributed by atoms with van der Waals surface area (Å²) < 4.78 is 10.6. The van der Waals surface area contributed by atoms with Crippen molar-refractivity contribution in [2.24, 2.45) is 0 Å². The molecule has 0 saturated carbocycles. The number of aromatic nitrogens is 4. The number of nitriles is 1. The lowest BCUT2D eigenvalue weighted by atomic mass is 10.1. The molecule has 3 aromatic rings. The van der Waals surface area contributed by atoms with Crippen molar-refractivity contribution in [3.63, 3.8) is 0 Å². The number of hydrogen-bond donors (Lipinski definition) is 3. The maximum absolute atomic E-state index is 12.5. The number of amides is 1. The second kappa shape index (κ2) is 7.46. The van der Waals surface area contributed by atoms with Gasteiger partial charge in [0.25, 0.3) is 5.91 Å². The highest BCUT2D eigenvalue weighted by Crippen LogP contribution is 2.34. The highest BCUT2D eigenvalue weighted by atomic mass is 16.7. The zero-order valence-corrected chi connectivity index (χ0v) is 14.3. The van der Waals surface area contributed by atoms with E-state index < -0.39 is 0 Å². The molecule has 0 aliphatic carbocycles. The van der Waals surface area contributed by atoms with E-state index >= 15 is 0 Å². The SMILES string of the molecule is N#CC(=CNc1cccc(C(=O)Nc2ccc3c(c2)OCO3)c1)c1nn[nH]n1. The zero-order valence-electron chi connectivity index (χ0n) is 14.3. The van der Waals surface area contributed by atoms with E-state index in [9.17, 15) is 10.1 Å². The maximum atomic E-state index is 12.5. The summed E-state index contributed by atoms with van der Waals surface area (Å²) in [7, 11) is 0. The molecule has 1 aliphatic heterocycles. The number of hydrogen-bond acceptors (Lipinski definition) is 8. The summed E-state index contributed by atoms with van der Waals surface area (Å²) in [5, 5.41) is 28.2. The Hall–Kier alpha value is -4.39. The Bertz CT molecular complexity index is 1090. The van der Waals surface area contributed by atoms with Crippen LogP contribution in [0.2, 0.25) is 0 Å². The number of ether oxygens (including phenoxy) is 2. The average Bonchev–Trinajstić information content (AvgIpc) is 3.40. The first kappa shape index (κ1) is 17.0. The van der Waals surface area contributed by atoms with Gasteiger partial charge in [0.15, 0.2) is 11.5 Å². The van der Waals surface area contributed by atoms with Crippen LogP contribution in [0.5, 0.6) is 11.5 Å². The summed E-state index contributed by atoms with van der Waals surface area (Å²) >= 11 is 0. The number of carbonyl (C=O) groups is 1. The van der Waals surface area contributed by atoms with Crippen molar-refractivity contribution in [1.29, 1.82) is 5.26 Å². The summed E-state index contributed by atoms with van der Waals surface area (Å²) in [5.41, 5.74) is 1.85. The fourth-order valence-electron chi connectivity index (χ4n) is 2.51. The average molecular weight is 375 g/mol. The molecule has 2 aromatic carbocycles. The van der Waals surface area contributed by atoms with Crippen LogP contribution in [0.15, 0.2) is 48.7 Å². The fourth-order valence-corrected chi connectivity index (χ4v) is 2.51. The van der Waals surface area contributed by atoms with E-state index in [0.29, 0.717) is 28.4 Å². The number of allylic oxidation sites excluding steroid dienone is 1. The molecule has 28 heavy (non-hydrogen) atoms. The minimum Gasteiger partial charge on any atom is -0.454 e. The van der Waals surface area contributed by atoms with Gasteiger partial charge in [-0.05, 0) is 35.5 Å². The number of anilines is 2. The van der Waals surface area contributed by atoms with E-state index in [1.165, 1.54) is 6.20 Å². The highest BCUT2D eigenvalue weighted by molar-refractivity contribution is 6.05. The van der Waals surface area contributed by atoms with Gasteiger partial charge in [0.1, 0.15) is 11.6 Å². The number of nitrogens with zero attached hydrogens (tertiary/aromatic N) is 4. The molecule has 0 bridgehead atoms. The summed E-state index contributed by atoms with van der Waals surface area (Å²) in [6, 6.07) is 14.0. The summed E-state index contributed by atoms with van der Waals surface area (Å²) in [4.78, 5) is 12.5. The molecule has 1 aromatic heterocycles. The predicted molar refractivity (Wildman–Crippen MR) is 98.4 cm³/mol. The third-order valence-corrected chi connectivity index (χ3v) is 3.85. The molecule has 0 unspecified atom stereocenters. The van der Waals surface area contributed by atoms with Gasteiger partial charge in [-0.25, -0.2) is 0 Å². The quantitative estimate of drug-likeness (QED) is 0.577. The molecule has 0 spiro atoms. The Labute approximate surface area is 158 Å². The standard InChI is InChI=1S/C18H13N7O3/c19-8-12(17-22-24-25-23-17)9-20-13-3-1-2-11(6-13)18(26)21-14-4-5-15-16(7-14)28-10-27-15/h1-7,9,20H,10H2,(H,21,26)(H,22,23,24,25). The topological polar surface area (TPSA) is 138 Å². The number of benzene rings is 2. The van der Waals surface area contributed by atoms with Crippen LogP contribution in [0, 0.1) is 11.3 Å². The number of aromatic amines is 1. The molecule has 0 fully saturated rings. The smallest absolute Gasteiger partial charge is 0.255 e. The van der Waals surface area contributed by atoms with Gasteiger partial charge in [-0.3, -0.25) is 4.79 Å². The highest BCUT2D eigenvalue weighted by Gasteiger charge is 2.15. The van der Waals surface area contributed by atoms with Crippen LogP contribution in [0.4, 0.5) is 11.4 Å². The van der Waals surface area contributed by atoms with Crippen molar-refractivity contribution in [3.8, 4) is 17.6 Å². The molecule has 138 valence electrons. The van der Waals surface area contributed by atoms with Crippen molar-refractivity contribution >= 4 is 22.9 Å². The van der Waals surface area contributed by atoms with Crippen LogP contribution in [0.1, 0.15) is 16.2 Å². The Kier molecular flexibility index (Phi) is 4.54. The summed E-state index contributed by atoms with van der Waals surface area (Å²) in [6.07, 6.45) is 1.44. The molecule has 2 heterocycles. The Balaban J connectivity index is 1.47. The van der Waals surface area contributed by atoms with E-state index in [0.717, 1.165) is 0 Å². The zero-order chi connectivity index (χ0) is 19.3. The minimum atomic E-state index is -0.287. The number of H-pyrrole nitrogens is 1. The van der Waals surface area contributed by atoms with Crippen molar-refractivity contribution in [2.75, 3.05) is 17.4 Å². The van der Waals surface area contributed by atoms with Crippen molar-refractivity contribution < 1.29 is 14.3 Å². The third-order valence-electron chi connectivity index (χ3n) is 3.85. The fraction of sp³-hybridized carbons (Fsp3) is 0.0556. The van der Waals surface area contributed by atoms with Gasteiger partial charge in [-0.1, -0.05) is 6.07 Å². The Morgan fingerprint density at radius 1 is 1.18 bits per heavy atom. The largest absolute Gasteiger partial charge is 0.454 e. The van der Waals surface area contributed by atoms with Gasteiger partial charge in [0, 0.05) is 29.2 Å². The molecular weight excluding hydrogens is 362 g/mol. The number of tetrazole rings is 1. The van der Waals surface area contributed by atoms with Crippen LogP contribution < -0.4 is 20.1 Å². The number of rotatable bonds is 5. The second-order valence-corrected chi connectivity index (χ2v) is 5.65. The van der Waals surface area contributed by atoms with Crippen molar-refractivity contribution in [1.82, 2.24) is 20.6 Å². The summed E-state index contributed by atoms with van der Waals surface area (Å²) in [6.45, 7) is 0.169. The first-order chi connectivity index (χ1) is 13.7. The van der Waals surface area contributed by atoms with Gasteiger partial charge >= 0.3 is 0 Å². The van der Waals surface area contributed by atoms with E-state index in [1.54, 1.807) is 42.5 Å². The molecule has 1 amide bonds. The second-order valence-electron chi connectivity index (χ2n) is 5.65. The predicted octanol–water partition coefficient (Wildman–Crippen LogP) is 2.16. The molecule has 10 heteroatoms. The van der Waals surface area contributed by atoms with E-state index in [4.69, 9.17) is 9.47 Å². The first-order valence-electron chi connectivity index (χ1n) is 8.14. The van der Waals surface area contributed by atoms with Crippen LogP contribution in [-0.4, -0.2) is 33.3 Å². The number of nitrogens with one attached hydrogen (secondary N) is 3. The first-order valence-corrected chi connectivity index (χ1v) is 8.14. The van der Waals surface area contributed by atoms with Gasteiger partial charge in [-0.15, -0.1) is 10.2 Å². The number of carbonyl (C=O) groups excluding carboxylic acids is 1. The molecular formula is C18H13N7O3. The maximum Gasteiger partial charge on any atom is 0.255 e. The number of fused-ring (bicyclic) bond motifs is 1. The molecule has 0 atom stereocenters. The van der Waals surface area contributed by atoms with Gasteiger partial charge in [-0.2, -0.15) is 10.5 Å². The van der Waals surface area contributed by atoms with E-state index in [2.05, 4.69) is 31.3 Å². The Morgan fingerprint density at radius 2 is 2.07 bits per heavy atom. The van der Waals surface area contributed by atoms with Crippen molar-refractivity contribution in [3.05, 3.63) is 60.1 Å². The lowest BCUT2D eigenvalue weighted by Gasteiger charge is -2.08. The van der Waals surface area contributed by atoms with Crippen molar-refractivity contribution in [2.45, 2.75) is 0 Å². The van der Waals surface area contributed by atoms with Gasteiger partial charge < -0.3 is 20.1 Å². The Morgan fingerprint density at radius 3 is 2.89 bits per heavy atom. The minimum absolute atomic E-state index is 0.169. The van der Waals surface area contributed by atoms with Gasteiger partial charge in [0.05, 0.1) is 0 Å². The van der Waals surface area contributed by atoms with Crippen LogP contribution in [0.3, 0.4) is 0 Å². The normalized spacial score (nSPS) is 12.3. The summed E-state index contributed by atoms with van der Waals surface area (Å²) in [5.74, 6) is 1.12. The molecule has 3 N–H and O–H groups in total. The molecule has 1 aliphatic rings. The molecule has 10 nitrogen and oxygen atoms in total. The third kappa shape index (κ3) is 3.58. The lowest BCUT2D eigenvalue weighted by molar-refractivity contribution is 0.102. The molecule has 4 rings (SSSR count). The molecule has 0 radical (unpaired) electrons. The van der Waals surface area contributed by atoms with E-state index in [-0.39, 0.29) is 24.1 Å². The van der Waals surface area contributed by atoms with Crippen LogP contribution in [0.25, 0.3) is 5.57 Å². The molecule has 0 saturated heterocycles. The van der Waals surface area contributed by atoms with Gasteiger partial charge in [0.2, 0.25) is 12.6 Å². The van der Waals surface area contributed by atoms with E-state index in [1.807, 2.05) is 6.07 Å².